The van der Waals surface area contributed by atoms with Crippen LogP contribution in [0.2, 0.25) is 0 Å². The first-order chi connectivity index (χ1) is 20.3. The molecule has 9 aromatic rings. The molecule has 6 aromatic carbocycles. The van der Waals surface area contributed by atoms with Crippen molar-refractivity contribution in [3.63, 3.8) is 0 Å². The largest absolute Gasteiger partial charge is 0.455 e. The van der Waals surface area contributed by atoms with Crippen LogP contribution in [0.15, 0.2) is 138 Å². The average molecular weight is 523 g/mol. The molecule has 0 aliphatic heterocycles. The summed E-state index contributed by atoms with van der Waals surface area (Å²) in [6, 6.07) is 44.8. The van der Waals surface area contributed by atoms with Gasteiger partial charge in [-0.3, -0.25) is 4.98 Å². The molecule has 0 spiro atoms. The van der Waals surface area contributed by atoms with Crippen LogP contribution in [-0.2, 0) is 0 Å². The van der Waals surface area contributed by atoms with Gasteiger partial charge in [-0.15, -0.1) is 0 Å². The monoisotopic (exact) mass is 522 g/mol. The molecule has 0 amide bonds. The maximum atomic E-state index is 6.58. The quantitative estimate of drug-likeness (QED) is 0.212. The number of furan rings is 1. The van der Waals surface area contributed by atoms with Crippen LogP contribution in [0.1, 0.15) is 0 Å². The van der Waals surface area contributed by atoms with E-state index in [1.54, 1.807) is 0 Å². The van der Waals surface area contributed by atoms with Gasteiger partial charge in [0.25, 0.3) is 0 Å². The van der Waals surface area contributed by atoms with Crippen molar-refractivity contribution in [3.8, 4) is 22.4 Å². The van der Waals surface area contributed by atoms with Crippen molar-refractivity contribution in [2.45, 2.75) is 0 Å². The van der Waals surface area contributed by atoms with E-state index in [4.69, 9.17) is 9.40 Å². The normalized spacial score (nSPS) is 11.9. The van der Waals surface area contributed by atoms with Crippen LogP contribution in [0.25, 0.3) is 87.7 Å². The summed E-state index contributed by atoms with van der Waals surface area (Å²) in [6.45, 7) is 0. The second-order valence-electron chi connectivity index (χ2n) is 10.6. The summed E-state index contributed by atoms with van der Waals surface area (Å²) in [4.78, 5) is 9.84. The fourth-order valence-corrected chi connectivity index (χ4v) is 6.40. The second-order valence-corrected chi connectivity index (χ2v) is 10.6. The Labute approximate surface area is 235 Å². The molecule has 0 saturated carbocycles. The molecule has 0 aliphatic rings. The van der Waals surface area contributed by atoms with Gasteiger partial charge >= 0.3 is 0 Å². The third-order valence-electron chi connectivity index (χ3n) is 8.29. The van der Waals surface area contributed by atoms with Crippen molar-refractivity contribution in [3.05, 3.63) is 134 Å². The summed E-state index contributed by atoms with van der Waals surface area (Å²) in [5.41, 5.74) is 7.98. The van der Waals surface area contributed by atoms with Gasteiger partial charge < -0.3 is 4.42 Å². The maximum absolute atomic E-state index is 6.58. The summed E-state index contributed by atoms with van der Waals surface area (Å²) in [7, 11) is 0. The topological polar surface area (TPSA) is 38.9 Å². The molecule has 0 atom stereocenters. The van der Waals surface area contributed by atoms with Crippen molar-refractivity contribution >= 4 is 65.3 Å². The Bertz CT molecular complexity index is 2490. The number of hydrogen-bond acceptors (Lipinski definition) is 3. The molecule has 0 fully saturated rings. The molecule has 0 saturated heterocycles. The summed E-state index contributed by atoms with van der Waals surface area (Å²) in [5, 5.41) is 9.15. The van der Waals surface area contributed by atoms with Crippen LogP contribution in [0.3, 0.4) is 0 Å². The smallest absolute Gasteiger partial charge is 0.143 e. The van der Waals surface area contributed by atoms with E-state index in [0.29, 0.717) is 0 Å². The van der Waals surface area contributed by atoms with Gasteiger partial charge in [-0.25, -0.2) is 4.98 Å². The molecule has 0 aliphatic carbocycles. The van der Waals surface area contributed by atoms with Crippen LogP contribution in [0, 0.1) is 0 Å². The van der Waals surface area contributed by atoms with Crippen molar-refractivity contribution in [2.75, 3.05) is 0 Å². The molecule has 41 heavy (non-hydrogen) atoms. The van der Waals surface area contributed by atoms with E-state index in [9.17, 15) is 0 Å². The van der Waals surface area contributed by atoms with Crippen LogP contribution in [0.4, 0.5) is 0 Å². The fourth-order valence-electron chi connectivity index (χ4n) is 6.40. The number of para-hydroxylation sites is 1. The highest BCUT2D eigenvalue weighted by Crippen LogP contribution is 2.44. The minimum absolute atomic E-state index is 0.904. The number of fused-ring (bicyclic) bond motifs is 8. The van der Waals surface area contributed by atoms with Gasteiger partial charge in [-0.2, -0.15) is 0 Å². The Morgan fingerprint density at radius 3 is 2.00 bits per heavy atom. The first-order valence-electron chi connectivity index (χ1n) is 13.8. The van der Waals surface area contributed by atoms with Gasteiger partial charge in [0.2, 0.25) is 0 Å². The number of hydrogen-bond donors (Lipinski definition) is 0. The van der Waals surface area contributed by atoms with E-state index in [-0.39, 0.29) is 0 Å². The lowest BCUT2D eigenvalue weighted by Gasteiger charge is -2.14. The van der Waals surface area contributed by atoms with Gasteiger partial charge in [0.15, 0.2) is 0 Å². The van der Waals surface area contributed by atoms with E-state index in [2.05, 4.69) is 120 Å². The van der Waals surface area contributed by atoms with Crippen LogP contribution in [-0.4, -0.2) is 9.97 Å². The molecule has 0 bridgehead atoms. The minimum Gasteiger partial charge on any atom is -0.455 e. The lowest BCUT2D eigenvalue weighted by molar-refractivity contribution is 0.670. The third kappa shape index (κ3) is 3.26. The highest BCUT2D eigenvalue weighted by molar-refractivity contribution is 6.21. The zero-order chi connectivity index (χ0) is 26.9. The molecule has 3 aromatic heterocycles. The Hall–Kier alpha value is -5.54. The zero-order valence-electron chi connectivity index (χ0n) is 22.0. The van der Waals surface area contributed by atoms with Crippen LogP contribution >= 0.6 is 0 Å². The number of aromatic nitrogens is 2. The third-order valence-corrected chi connectivity index (χ3v) is 8.29. The Morgan fingerprint density at radius 2 is 1.12 bits per heavy atom. The number of rotatable bonds is 2. The van der Waals surface area contributed by atoms with Crippen LogP contribution in [0.5, 0.6) is 0 Å². The SMILES string of the molecule is c1ccc2c(-c3ccc(-c4ccc5ccc6cccnc6c5n4)c4ccccc34)c3oc4ccccc4c3cc2c1. The van der Waals surface area contributed by atoms with Crippen LogP contribution < -0.4 is 0 Å². The highest BCUT2D eigenvalue weighted by Gasteiger charge is 2.19. The van der Waals surface area contributed by atoms with E-state index in [1.807, 2.05) is 18.3 Å². The summed E-state index contributed by atoms with van der Waals surface area (Å²) in [6.07, 6.45) is 1.84. The summed E-state index contributed by atoms with van der Waals surface area (Å²) < 4.78 is 6.58. The second kappa shape index (κ2) is 8.48. The lowest BCUT2D eigenvalue weighted by Crippen LogP contribution is -1.91. The Balaban J connectivity index is 1.35. The van der Waals surface area contributed by atoms with Gasteiger partial charge in [0.1, 0.15) is 11.2 Å². The van der Waals surface area contributed by atoms with E-state index < -0.39 is 0 Å². The summed E-state index contributed by atoms with van der Waals surface area (Å²) in [5.74, 6) is 0. The Kier molecular flexibility index (Phi) is 4.61. The molecule has 3 nitrogen and oxygen atoms in total. The van der Waals surface area contributed by atoms with E-state index in [0.717, 1.165) is 71.5 Å². The average Bonchev–Trinajstić information content (AvgIpc) is 3.41. The first kappa shape index (κ1) is 22.3. The lowest BCUT2D eigenvalue weighted by atomic mass is 9.89. The van der Waals surface area contributed by atoms with Gasteiger partial charge in [-0.1, -0.05) is 103 Å². The van der Waals surface area contributed by atoms with E-state index >= 15 is 0 Å². The van der Waals surface area contributed by atoms with Gasteiger partial charge in [-0.05, 0) is 51.4 Å². The maximum Gasteiger partial charge on any atom is 0.143 e. The molecule has 0 N–H and O–H groups in total. The standard InChI is InChI=1S/C38H22N2O/c1-2-10-26-25(8-1)22-32-30-13-5-6-14-34(30)41-38(32)35(26)31-19-18-29(27-11-3-4-12-28(27)31)33-20-17-24-16-15-23-9-7-21-39-36(23)37(24)40-33/h1-22H. The molecule has 9 rings (SSSR count). The van der Waals surface area contributed by atoms with Crippen molar-refractivity contribution in [1.82, 2.24) is 9.97 Å². The van der Waals surface area contributed by atoms with Crippen molar-refractivity contribution in [2.24, 2.45) is 0 Å². The van der Waals surface area contributed by atoms with E-state index in [1.165, 1.54) is 16.2 Å². The van der Waals surface area contributed by atoms with Crippen molar-refractivity contribution in [1.29, 1.82) is 0 Å². The molecule has 3 heterocycles. The molecule has 0 radical (unpaired) electrons. The zero-order valence-corrected chi connectivity index (χ0v) is 22.0. The first-order valence-corrected chi connectivity index (χ1v) is 13.8. The minimum atomic E-state index is 0.904. The van der Waals surface area contributed by atoms with Gasteiger partial charge in [0, 0.05) is 38.9 Å². The Morgan fingerprint density at radius 1 is 0.463 bits per heavy atom. The molecule has 190 valence electrons. The van der Waals surface area contributed by atoms with Gasteiger partial charge in [0.05, 0.1) is 16.7 Å². The molecule has 3 heteroatoms. The molecular weight excluding hydrogens is 500 g/mol. The summed E-state index contributed by atoms with van der Waals surface area (Å²) >= 11 is 0. The highest BCUT2D eigenvalue weighted by atomic mass is 16.3. The molecule has 0 unspecified atom stereocenters. The predicted octanol–water partition coefficient (Wildman–Crippen LogP) is 10.3. The number of pyridine rings is 2. The predicted molar refractivity (Wildman–Crippen MR) is 170 cm³/mol. The fraction of sp³-hybridized carbons (Fsp3) is 0. The number of nitrogens with zero attached hydrogens (tertiary/aromatic N) is 2. The molecular formula is C38H22N2O. The number of benzene rings is 6. The van der Waals surface area contributed by atoms with Crippen molar-refractivity contribution < 1.29 is 4.42 Å².